The maximum atomic E-state index is 12.5. The van der Waals surface area contributed by atoms with Crippen LogP contribution in [0, 0.1) is 0 Å². The van der Waals surface area contributed by atoms with Crippen LogP contribution in [0.5, 0.6) is 0 Å². The lowest BCUT2D eigenvalue weighted by atomic mass is 10.0. The van der Waals surface area contributed by atoms with Crippen molar-refractivity contribution >= 4 is 34.6 Å². The molecule has 1 fully saturated rings. The van der Waals surface area contributed by atoms with Crippen LogP contribution < -0.4 is 0 Å². The second kappa shape index (κ2) is 7.44. The summed E-state index contributed by atoms with van der Waals surface area (Å²) in [6.07, 6.45) is 1.82. The topological polar surface area (TPSA) is 71.8 Å². The molecule has 29 heavy (non-hydrogen) atoms. The number of cyclic esters (lactones) is 1. The summed E-state index contributed by atoms with van der Waals surface area (Å²) in [5.41, 5.74) is 2.82. The molecular formula is C22H21ClN2O4. The van der Waals surface area contributed by atoms with Gasteiger partial charge in [-0.1, -0.05) is 35.9 Å². The maximum Gasteiger partial charge on any atom is 0.410 e. The molecule has 0 aliphatic carbocycles. The molecule has 1 aliphatic rings. The highest BCUT2D eigenvalue weighted by Crippen LogP contribution is 2.31. The summed E-state index contributed by atoms with van der Waals surface area (Å²) in [5, 5.41) is 11.0. The molecule has 2 atom stereocenters. The van der Waals surface area contributed by atoms with Crippen LogP contribution in [0.2, 0.25) is 5.02 Å². The third-order valence-electron chi connectivity index (χ3n) is 5.42. The number of rotatable bonds is 5. The number of fused-ring (bicyclic) bond motifs is 1. The fourth-order valence-electron chi connectivity index (χ4n) is 4.03. The van der Waals surface area contributed by atoms with Gasteiger partial charge < -0.3 is 19.3 Å². The number of hydrogen-bond acceptors (Lipinski definition) is 3. The second-order valence-corrected chi connectivity index (χ2v) is 7.84. The Morgan fingerprint density at radius 1 is 1.31 bits per heavy atom. The zero-order chi connectivity index (χ0) is 20.7. The van der Waals surface area contributed by atoms with Gasteiger partial charge in [0.05, 0.1) is 17.6 Å². The van der Waals surface area contributed by atoms with Crippen LogP contribution in [0.1, 0.15) is 34.5 Å². The van der Waals surface area contributed by atoms with Crippen LogP contribution in [0.15, 0.2) is 48.7 Å². The molecule has 0 spiro atoms. The molecular weight excluding hydrogens is 392 g/mol. The average Bonchev–Trinajstić information content (AvgIpc) is 3.22. The number of amides is 1. The summed E-state index contributed by atoms with van der Waals surface area (Å²) >= 11 is 6.06. The van der Waals surface area contributed by atoms with Gasteiger partial charge in [-0.2, -0.15) is 0 Å². The number of hydrogen-bond donors (Lipinski definition) is 1. The van der Waals surface area contributed by atoms with E-state index in [-0.39, 0.29) is 23.8 Å². The largest absolute Gasteiger partial charge is 0.478 e. The third kappa shape index (κ3) is 3.56. The van der Waals surface area contributed by atoms with E-state index in [9.17, 15) is 14.7 Å². The van der Waals surface area contributed by atoms with Crippen LogP contribution in [0.4, 0.5) is 4.79 Å². The Labute approximate surface area is 173 Å². The molecule has 1 amide bonds. The van der Waals surface area contributed by atoms with Crippen molar-refractivity contribution < 1.29 is 19.4 Å². The predicted octanol–water partition coefficient (Wildman–Crippen LogP) is 4.65. The Hall–Kier alpha value is -2.99. The van der Waals surface area contributed by atoms with Crippen molar-refractivity contribution in [3.63, 3.8) is 0 Å². The number of carboxylic acid groups (broad SMARTS) is 1. The van der Waals surface area contributed by atoms with Gasteiger partial charge in [-0.05, 0) is 42.7 Å². The minimum Gasteiger partial charge on any atom is -0.478 e. The van der Waals surface area contributed by atoms with Gasteiger partial charge >= 0.3 is 12.1 Å². The number of aromatic carboxylic acids is 1. The van der Waals surface area contributed by atoms with Crippen molar-refractivity contribution in [2.45, 2.75) is 25.5 Å². The molecule has 1 aliphatic heterocycles. The molecule has 2 heterocycles. The maximum absolute atomic E-state index is 12.5. The Morgan fingerprint density at radius 2 is 2.07 bits per heavy atom. The molecule has 3 aromatic rings. The van der Waals surface area contributed by atoms with Crippen LogP contribution in [0.3, 0.4) is 0 Å². The number of ether oxygens (including phenoxy) is 1. The summed E-state index contributed by atoms with van der Waals surface area (Å²) < 4.78 is 7.39. The zero-order valence-corrected chi connectivity index (χ0v) is 16.9. The zero-order valence-electron chi connectivity index (χ0n) is 16.1. The van der Waals surface area contributed by atoms with Crippen molar-refractivity contribution in [2.24, 2.45) is 7.05 Å². The summed E-state index contributed by atoms with van der Waals surface area (Å²) in [6, 6.07) is 12.5. The molecule has 150 valence electrons. The number of carbonyl (C=O) groups excluding carboxylic acids is 1. The van der Waals surface area contributed by atoms with Crippen molar-refractivity contribution in [3.05, 3.63) is 70.4 Å². The fourth-order valence-corrected chi connectivity index (χ4v) is 4.23. The quantitative estimate of drug-likeness (QED) is 0.661. The van der Waals surface area contributed by atoms with Crippen LogP contribution in [-0.2, 0) is 18.2 Å². The van der Waals surface area contributed by atoms with Gasteiger partial charge in [-0.25, -0.2) is 9.59 Å². The Balaban J connectivity index is 1.57. The third-order valence-corrected chi connectivity index (χ3v) is 5.66. The molecule has 0 bridgehead atoms. The molecule has 1 saturated heterocycles. The van der Waals surface area contributed by atoms with Gasteiger partial charge in [0.2, 0.25) is 0 Å². The number of carboxylic acids is 1. The number of aromatic nitrogens is 1. The van der Waals surface area contributed by atoms with E-state index in [1.54, 1.807) is 23.1 Å². The number of halogens is 1. The van der Waals surface area contributed by atoms with Crippen LogP contribution in [0.25, 0.3) is 10.9 Å². The molecule has 1 aromatic heterocycles. The Morgan fingerprint density at radius 3 is 2.79 bits per heavy atom. The van der Waals surface area contributed by atoms with E-state index >= 15 is 0 Å². The van der Waals surface area contributed by atoms with Gasteiger partial charge in [0.25, 0.3) is 0 Å². The van der Waals surface area contributed by atoms with E-state index in [0.29, 0.717) is 23.5 Å². The van der Waals surface area contributed by atoms with Crippen molar-refractivity contribution in [1.29, 1.82) is 0 Å². The summed E-state index contributed by atoms with van der Waals surface area (Å²) in [7, 11) is 1.84. The Kier molecular flexibility index (Phi) is 4.96. The number of para-hydroxylation sites is 1. The predicted molar refractivity (Wildman–Crippen MR) is 110 cm³/mol. The molecule has 4 rings (SSSR count). The number of carbonyl (C=O) groups is 2. The summed E-state index contributed by atoms with van der Waals surface area (Å²) in [6.45, 7) is 2.42. The van der Waals surface area contributed by atoms with Gasteiger partial charge in [-0.3, -0.25) is 0 Å². The van der Waals surface area contributed by atoms with E-state index in [1.807, 2.05) is 49.0 Å². The number of nitrogens with zero attached hydrogens (tertiary/aromatic N) is 2. The monoisotopic (exact) mass is 412 g/mol. The SMILES string of the molecule is C[C@H](Cc1cn(C)c2c(C(=O)O)cccc12)N1C[C@@H](c2cccc(Cl)c2)OC1=O. The van der Waals surface area contributed by atoms with Gasteiger partial charge in [0, 0.05) is 29.7 Å². The molecule has 0 unspecified atom stereocenters. The van der Waals surface area contributed by atoms with Crippen LogP contribution >= 0.6 is 11.6 Å². The Bertz CT molecular complexity index is 1110. The van der Waals surface area contributed by atoms with E-state index in [1.165, 1.54) is 0 Å². The van der Waals surface area contributed by atoms with Gasteiger partial charge in [0.15, 0.2) is 0 Å². The van der Waals surface area contributed by atoms with Crippen LogP contribution in [-0.4, -0.2) is 39.2 Å². The first-order valence-corrected chi connectivity index (χ1v) is 9.76. The molecule has 6 nitrogen and oxygen atoms in total. The molecule has 0 saturated carbocycles. The summed E-state index contributed by atoms with van der Waals surface area (Å²) in [4.78, 5) is 25.7. The van der Waals surface area contributed by atoms with Gasteiger partial charge in [-0.15, -0.1) is 0 Å². The lowest BCUT2D eigenvalue weighted by Gasteiger charge is -2.21. The van der Waals surface area contributed by atoms with Crippen molar-refractivity contribution in [1.82, 2.24) is 9.47 Å². The highest BCUT2D eigenvalue weighted by atomic mass is 35.5. The van der Waals surface area contributed by atoms with E-state index in [0.717, 1.165) is 16.5 Å². The first-order valence-electron chi connectivity index (χ1n) is 9.38. The molecule has 2 aromatic carbocycles. The lowest BCUT2D eigenvalue weighted by molar-refractivity contribution is 0.0698. The van der Waals surface area contributed by atoms with E-state index in [2.05, 4.69) is 0 Å². The van der Waals surface area contributed by atoms with E-state index < -0.39 is 5.97 Å². The van der Waals surface area contributed by atoms with E-state index in [4.69, 9.17) is 16.3 Å². The first kappa shape index (κ1) is 19.3. The smallest absolute Gasteiger partial charge is 0.410 e. The minimum absolute atomic E-state index is 0.106. The first-order chi connectivity index (χ1) is 13.8. The van der Waals surface area contributed by atoms with Crippen molar-refractivity contribution in [3.8, 4) is 0 Å². The molecule has 1 N–H and O–H groups in total. The van der Waals surface area contributed by atoms with Crippen molar-refractivity contribution in [2.75, 3.05) is 6.54 Å². The fraction of sp³-hybridized carbons (Fsp3) is 0.273. The molecule has 7 heteroatoms. The average molecular weight is 413 g/mol. The van der Waals surface area contributed by atoms with Gasteiger partial charge in [0.1, 0.15) is 6.10 Å². The second-order valence-electron chi connectivity index (χ2n) is 7.41. The summed E-state index contributed by atoms with van der Waals surface area (Å²) in [5.74, 6) is -0.955. The molecule has 0 radical (unpaired) electrons. The minimum atomic E-state index is -0.955. The normalized spacial score (nSPS) is 17.6. The number of benzene rings is 2. The lowest BCUT2D eigenvalue weighted by Crippen LogP contribution is -2.35. The highest BCUT2D eigenvalue weighted by Gasteiger charge is 2.35. The number of aryl methyl sites for hydroxylation is 1. The standard InChI is InChI=1S/C22H21ClN2O4/c1-13(25-12-19(29-22(25)28)14-5-3-6-16(23)10-14)9-15-11-24(2)20-17(15)7-4-8-18(20)21(26)27/h3-8,10-11,13,19H,9,12H2,1-2H3,(H,26,27)/t13-,19+/m1/s1. The highest BCUT2D eigenvalue weighted by molar-refractivity contribution is 6.30.